The van der Waals surface area contributed by atoms with Gasteiger partial charge in [0.05, 0.1) is 13.5 Å². The fourth-order valence-corrected chi connectivity index (χ4v) is 2.49. The summed E-state index contributed by atoms with van der Waals surface area (Å²) < 4.78 is 5.26. The topological polar surface area (TPSA) is 41.6 Å². The third kappa shape index (κ3) is 6.94. The first kappa shape index (κ1) is 18.5. The number of ether oxygens (including phenoxy) is 1. The predicted molar refractivity (Wildman–Crippen MR) is 91.3 cm³/mol. The molecule has 0 fully saturated rings. The molecule has 1 N–H and O–H groups in total. The van der Waals surface area contributed by atoms with Crippen molar-refractivity contribution in [1.29, 1.82) is 0 Å². The van der Waals surface area contributed by atoms with Crippen LogP contribution in [0.1, 0.15) is 38.7 Å². The molecular formula is C18H30N2O2. The van der Waals surface area contributed by atoms with Gasteiger partial charge in [0.15, 0.2) is 0 Å². The summed E-state index contributed by atoms with van der Waals surface area (Å²) in [4.78, 5) is 14.4. The fourth-order valence-electron chi connectivity index (χ4n) is 2.49. The minimum Gasteiger partial charge on any atom is -0.496 e. The third-order valence-electron chi connectivity index (χ3n) is 3.91. The molecule has 1 aromatic carbocycles. The molecule has 0 bridgehead atoms. The first-order valence-electron chi connectivity index (χ1n) is 8.32. The molecule has 0 spiro atoms. The SMILES string of the molecule is CCN(CC)CCCCCNC(=O)Cc1ccccc1OC. The lowest BCUT2D eigenvalue weighted by molar-refractivity contribution is -0.120. The van der Waals surface area contributed by atoms with Gasteiger partial charge in [0.2, 0.25) is 5.91 Å². The molecule has 0 saturated carbocycles. The van der Waals surface area contributed by atoms with Crippen molar-refractivity contribution in [1.82, 2.24) is 10.2 Å². The Labute approximate surface area is 134 Å². The van der Waals surface area contributed by atoms with Crippen LogP contribution in [0.4, 0.5) is 0 Å². The van der Waals surface area contributed by atoms with Crippen LogP contribution >= 0.6 is 0 Å². The van der Waals surface area contributed by atoms with Gasteiger partial charge in [0.25, 0.3) is 0 Å². The first-order valence-corrected chi connectivity index (χ1v) is 8.32. The zero-order valence-electron chi connectivity index (χ0n) is 14.2. The van der Waals surface area contributed by atoms with E-state index in [9.17, 15) is 4.79 Å². The summed E-state index contributed by atoms with van der Waals surface area (Å²) in [7, 11) is 1.63. The van der Waals surface area contributed by atoms with E-state index >= 15 is 0 Å². The Morgan fingerprint density at radius 2 is 1.86 bits per heavy atom. The molecule has 0 aliphatic carbocycles. The van der Waals surface area contributed by atoms with Crippen molar-refractivity contribution in [2.45, 2.75) is 39.5 Å². The van der Waals surface area contributed by atoms with Crippen LogP contribution in [-0.2, 0) is 11.2 Å². The van der Waals surface area contributed by atoms with Gasteiger partial charge in [0.1, 0.15) is 5.75 Å². The van der Waals surface area contributed by atoms with Crippen LogP contribution in [0.2, 0.25) is 0 Å². The number of nitrogens with one attached hydrogen (secondary N) is 1. The molecule has 0 aliphatic rings. The van der Waals surface area contributed by atoms with E-state index in [1.54, 1.807) is 7.11 Å². The van der Waals surface area contributed by atoms with E-state index < -0.39 is 0 Å². The lowest BCUT2D eigenvalue weighted by atomic mass is 10.1. The van der Waals surface area contributed by atoms with Gasteiger partial charge in [0, 0.05) is 12.1 Å². The lowest BCUT2D eigenvalue weighted by Crippen LogP contribution is -2.27. The number of benzene rings is 1. The summed E-state index contributed by atoms with van der Waals surface area (Å²) in [5.41, 5.74) is 0.934. The van der Waals surface area contributed by atoms with Crippen molar-refractivity contribution in [3.8, 4) is 5.75 Å². The van der Waals surface area contributed by atoms with Crippen LogP contribution in [0.15, 0.2) is 24.3 Å². The van der Waals surface area contributed by atoms with E-state index in [-0.39, 0.29) is 5.91 Å². The Hall–Kier alpha value is -1.55. The summed E-state index contributed by atoms with van der Waals surface area (Å²) in [6.45, 7) is 8.54. The maximum atomic E-state index is 11.9. The normalized spacial score (nSPS) is 10.7. The van der Waals surface area contributed by atoms with Crippen molar-refractivity contribution >= 4 is 5.91 Å². The van der Waals surface area contributed by atoms with Crippen molar-refractivity contribution in [3.63, 3.8) is 0 Å². The van der Waals surface area contributed by atoms with Crippen molar-refractivity contribution < 1.29 is 9.53 Å². The lowest BCUT2D eigenvalue weighted by Gasteiger charge is -2.17. The highest BCUT2D eigenvalue weighted by molar-refractivity contribution is 5.79. The van der Waals surface area contributed by atoms with Gasteiger partial charge in [-0.15, -0.1) is 0 Å². The smallest absolute Gasteiger partial charge is 0.224 e. The molecule has 4 nitrogen and oxygen atoms in total. The molecule has 4 heteroatoms. The Morgan fingerprint density at radius 1 is 1.14 bits per heavy atom. The monoisotopic (exact) mass is 306 g/mol. The molecule has 124 valence electrons. The summed E-state index contributed by atoms with van der Waals surface area (Å²) in [6, 6.07) is 7.66. The molecule has 22 heavy (non-hydrogen) atoms. The van der Waals surface area contributed by atoms with Gasteiger partial charge in [-0.2, -0.15) is 0 Å². The number of carbonyl (C=O) groups is 1. The molecule has 1 amide bonds. The first-order chi connectivity index (χ1) is 10.7. The van der Waals surface area contributed by atoms with Crippen LogP contribution < -0.4 is 10.1 Å². The highest BCUT2D eigenvalue weighted by Gasteiger charge is 2.07. The standard InChI is InChI=1S/C18H30N2O2/c1-4-20(5-2)14-10-6-9-13-19-18(21)15-16-11-7-8-12-17(16)22-3/h7-8,11-12H,4-6,9-10,13-15H2,1-3H3,(H,19,21). The zero-order chi connectivity index (χ0) is 16.2. The fraction of sp³-hybridized carbons (Fsp3) is 0.611. The average molecular weight is 306 g/mol. The highest BCUT2D eigenvalue weighted by Crippen LogP contribution is 2.17. The number of hydrogen-bond donors (Lipinski definition) is 1. The number of hydrogen-bond acceptors (Lipinski definition) is 3. The summed E-state index contributed by atoms with van der Waals surface area (Å²) in [6.07, 6.45) is 3.78. The number of para-hydroxylation sites is 1. The highest BCUT2D eigenvalue weighted by atomic mass is 16.5. The van der Waals surface area contributed by atoms with Crippen molar-refractivity contribution in [3.05, 3.63) is 29.8 Å². The van der Waals surface area contributed by atoms with Crippen LogP contribution in [0, 0.1) is 0 Å². The van der Waals surface area contributed by atoms with E-state index in [1.165, 1.54) is 6.42 Å². The second-order valence-corrected chi connectivity index (χ2v) is 5.43. The number of carbonyl (C=O) groups excluding carboxylic acids is 1. The summed E-state index contributed by atoms with van der Waals surface area (Å²) in [5, 5.41) is 2.99. The Morgan fingerprint density at radius 3 is 2.55 bits per heavy atom. The van der Waals surface area contributed by atoms with Gasteiger partial charge >= 0.3 is 0 Å². The molecule has 0 aromatic heterocycles. The van der Waals surface area contributed by atoms with Gasteiger partial charge in [-0.3, -0.25) is 4.79 Å². The zero-order valence-corrected chi connectivity index (χ0v) is 14.2. The maximum absolute atomic E-state index is 11.9. The maximum Gasteiger partial charge on any atom is 0.224 e. The largest absolute Gasteiger partial charge is 0.496 e. The van der Waals surface area contributed by atoms with Gasteiger partial charge in [-0.05, 0) is 38.5 Å². The second kappa shape index (κ2) is 11.1. The molecule has 0 radical (unpaired) electrons. The molecule has 0 atom stereocenters. The van der Waals surface area contributed by atoms with Gasteiger partial charge in [-0.1, -0.05) is 38.5 Å². The van der Waals surface area contributed by atoms with Crippen LogP contribution in [0.3, 0.4) is 0 Å². The quantitative estimate of drug-likeness (QED) is 0.639. The number of methoxy groups -OCH3 is 1. The minimum atomic E-state index is 0.0632. The van der Waals surface area contributed by atoms with Crippen molar-refractivity contribution in [2.75, 3.05) is 33.3 Å². The Balaban J connectivity index is 2.16. The average Bonchev–Trinajstić information content (AvgIpc) is 2.54. The third-order valence-corrected chi connectivity index (χ3v) is 3.91. The number of unbranched alkanes of at least 4 members (excludes halogenated alkanes) is 2. The van der Waals surface area contributed by atoms with Gasteiger partial charge < -0.3 is 15.0 Å². The second-order valence-electron chi connectivity index (χ2n) is 5.43. The van der Waals surface area contributed by atoms with Gasteiger partial charge in [-0.25, -0.2) is 0 Å². The van der Waals surface area contributed by atoms with Crippen LogP contribution in [0.5, 0.6) is 5.75 Å². The number of nitrogens with zero attached hydrogens (tertiary/aromatic N) is 1. The summed E-state index contributed by atoms with van der Waals surface area (Å²) in [5.74, 6) is 0.838. The predicted octanol–water partition coefficient (Wildman–Crippen LogP) is 2.87. The van der Waals surface area contributed by atoms with E-state index in [1.807, 2.05) is 24.3 Å². The van der Waals surface area contributed by atoms with Crippen LogP contribution in [0.25, 0.3) is 0 Å². The Kier molecular flexibility index (Phi) is 9.31. The van der Waals surface area contributed by atoms with E-state index in [0.717, 1.165) is 50.3 Å². The molecule has 1 aromatic rings. The van der Waals surface area contributed by atoms with E-state index in [2.05, 4.69) is 24.1 Å². The minimum absolute atomic E-state index is 0.0632. The van der Waals surface area contributed by atoms with E-state index in [4.69, 9.17) is 4.74 Å². The summed E-state index contributed by atoms with van der Waals surface area (Å²) >= 11 is 0. The van der Waals surface area contributed by atoms with Crippen LogP contribution in [-0.4, -0.2) is 44.1 Å². The molecule has 0 unspecified atom stereocenters. The Bertz CT molecular complexity index is 431. The molecule has 0 saturated heterocycles. The molecular weight excluding hydrogens is 276 g/mol. The molecule has 0 heterocycles. The van der Waals surface area contributed by atoms with E-state index in [0.29, 0.717) is 6.42 Å². The number of rotatable bonds is 11. The molecule has 1 rings (SSSR count). The molecule has 0 aliphatic heterocycles. The number of amides is 1. The van der Waals surface area contributed by atoms with Crippen molar-refractivity contribution in [2.24, 2.45) is 0 Å².